The fourth-order valence-corrected chi connectivity index (χ4v) is 1.64. The molecule has 0 unspecified atom stereocenters. The monoisotopic (exact) mass is 203 g/mol. The molecule has 0 spiro atoms. The minimum Gasteiger partial charge on any atom is -0.330 e. The summed E-state index contributed by atoms with van der Waals surface area (Å²) in [6, 6.07) is 5.60. The Hall–Kier alpha value is -1.68. The van der Waals surface area contributed by atoms with Gasteiger partial charge in [-0.25, -0.2) is 4.98 Å². The fourth-order valence-electron chi connectivity index (χ4n) is 1.64. The van der Waals surface area contributed by atoms with Crippen LogP contribution in [0.3, 0.4) is 0 Å². The molecule has 4 nitrogen and oxygen atoms in total. The first kappa shape index (κ1) is 9.86. The van der Waals surface area contributed by atoms with E-state index < -0.39 is 0 Å². The second-order valence-corrected chi connectivity index (χ2v) is 3.49. The van der Waals surface area contributed by atoms with Crippen LogP contribution in [0.25, 0.3) is 5.65 Å². The Morgan fingerprint density at radius 2 is 2.27 bits per heavy atom. The summed E-state index contributed by atoms with van der Waals surface area (Å²) in [4.78, 5) is 16.2. The smallest absolute Gasteiger partial charge is 0.261 e. The quantitative estimate of drug-likeness (QED) is 0.773. The van der Waals surface area contributed by atoms with Crippen LogP contribution in [-0.4, -0.2) is 15.9 Å². The SMILES string of the molecule is Cc1cccc2ncc(CCN)c(=O)n12. The average Bonchev–Trinajstić information content (AvgIpc) is 2.22. The Labute approximate surface area is 87.4 Å². The molecule has 0 aliphatic carbocycles. The molecule has 2 heterocycles. The van der Waals surface area contributed by atoms with Gasteiger partial charge in [-0.1, -0.05) is 6.07 Å². The minimum atomic E-state index is -0.0106. The summed E-state index contributed by atoms with van der Waals surface area (Å²) in [5, 5.41) is 0. The van der Waals surface area contributed by atoms with Gasteiger partial charge in [-0.05, 0) is 32.0 Å². The summed E-state index contributed by atoms with van der Waals surface area (Å²) in [5.41, 5.74) is 7.67. The van der Waals surface area contributed by atoms with Gasteiger partial charge in [0.1, 0.15) is 5.65 Å². The first-order chi connectivity index (χ1) is 7.24. The lowest BCUT2D eigenvalue weighted by Crippen LogP contribution is -2.22. The van der Waals surface area contributed by atoms with Gasteiger partial charge in [0.05, 0.1) is 0 Å². The highest BCUT2D eigenvalue weighted by Crippen LogP contribution is 2.02. The maximum Gasteiger partial charge on any atom is 0.261 e. The van der Waals surface area contributed by atoms with Crippen LogP contribution in [0.5, 0.6) is 0 Å². The Balaban J connectivity index is 2.77. The molecule has 4 heteroatoms. The van der Waals surface area contributed by atoms with E-state index >= 15 is 0 Å². The molecule has 2 aromatic heterocycles. The van der Waals surface area contributed by atoms with E-state index in [0.29, 0.717) is 24.2 Å². The van der Waals surface area contributed by atoms with Crippen molar-refractivity contribution >= 4 is 5.65 Å². The van der Waals surface area contributed by atoms with Crippen molar-refractivity contribution in [1.29, 1.82) is 0 Å². The van der Waals surface area contributed by atoms with Crippen molar-refractivity contribution in [3.8, 4) is 0 Å². The van der Waals surface area contributed by atoms with Gasteiger partial charge in [0, 0.05) is 17.5 Å². The van der Waals surface area contributed by atoms with E-state index in [4.69, 9.17) is 5.73 Å². The molecular formula is C11H13N3O. The largest absolute Gasteiger partial charge is 0.330 e. The highest BCUT2D eigenvalue weighted by molar-refractivity contribution is 5.40. The predicted octanol–water partition coefficient (Wildman–Crippen LogP) is 0.504. The number of fused-ring (bicyclic) bond motifs is 1. The lowest BCUT2D eigenvalue weighted by molar-refractivity contribution is 0.892. The third-order valence-electron chi connectivity index (χ3n) is 2.41. The third-order valence-corrected chi connectivity index (χ3v) is 2.41. The van der Waals surface area contributed by atoms with Crippen molar-refractivity contribution in [2.75, 3.05) is 6.54 Å². The topological polar surface area (TPSA) is 60.4 Å². The second kappa shape index (κ2) is 3.82. The molecule has 0 radical (unpaired) electrons. The van der Waals surface area contributed by atoms with E-state index in [1.807, 2.05) is 25.1 Å². The van der Waals surface area contributed by atoms with Crippen LogP contribution in [0.2, 0.25) is 0 Å². The molecule has 0 aromatic carbocycles. The Kier molecular flexibility index (Phi) is 2.51. The second-order valence-electron chi connectivity index (χ2n) is 3.49. The van der Waals surface area contributed by atoms with Crippen molar-refractivity contribution in [2.24, 2.45) is 5.73 Å². The van der Waals surface area contributed by atoms with Crippen LogP contribution in [-0.2, 0) is 6.42 Å². The van der Waals surface area contributed by atoms with E-state index in [1.165, 1.54) is 0 Å². The van der Waals surface area contributed by atoms with Gasteiger partial charge in [0.25, 0.3) is 5.56 Å². The Morgan fingerprint density at radius 3 is 3.00 bits per heavy atom. The Morgan fingerprint density at radius 1 is 1.47 bits per heavy atom. The summed E-state index contributed by atoms with van der Waals surface area (Å²) in [6.07, 6.45) is 2.19. The third kappa shape index (κ3) is 1.64. The molecule has 78 valence electrons. The van der Waals surface area contributed by atoms with Gasteiger partial charge in [-0.2, -0.15) is 0 Å². The van der Waals surface area contributed by atoms with E-state index in [9.17, 15) is 4.79 Å². The number of aromatic nitrogens is 2. The van der Waals surface area contributed by atoms with E-state index in [0.717, 1.165) is 5.69 Å². The van der Waals surface area contributed by atoms with Gasteiger partial charge < -0.3 is 5.73 Å². The number of rotatable bonds is 2. The van der Waals surface area contributed by atoms with Gasteiger partial charge in [0.15, 0.2) is 0 Å². The summed E-state index contributed by atoms with van der Waals surface area (Å²) in [7, 11) is 0. The van der Waals surface area contributed by atoms with E-state index in [1.54, 1.807) is 10.6 Å². The highest BCUT2D eigenvalue weighted by atomic mass is 16.1. The predicted molar refractivity (Wildman–Crippen MR) is 59.0 cm³/mol. The molecule has 15 heavy (non-hydrogen) atoms. The molecule has 0 aliphatic rings. The molecule has 0 saturated carbocycles. The first-order valence-corrected chi connectivity index (χ1v) is 4.90. The number of pyridine rings is 1. The number of hydrogen-bond donors (Lipinski definition) is 1. The standard InChI is InChI=1S/C11H13N3O/c1-8-3-2-4-10-13-7-9(5-6-12)11(15)14(8)10/h2-4,7H,5-6,12H2,1H3. The zero-order valence-corrected chi connectivity index (χ0v) is 8.60. The van der Waals surface area contributed by atoms with Crippen LogP contribution in [0.15, 0.2) is 29.2 Å². The van der Waals surface area contributed by atoms with Crippen LogP contribution < -0.4 is 11.3 Å². The van der Waals surface area contributed by atoms with Crippen LogP contribution >= 0.6 is 0 Å². The lowest BCUT2D eigenvalue weighted by atomic mass is 10.2. The van der Waals surface area contributed by atoms with Crippen LogP contribution in [0, 0.1) is 6.92 Å². The van der Waals surface area contributed by atoms with Gasteiger partial charge in [0.2, 0.25) is 0 Å². The molecule has 0 saturated heterocycles. The average molecular weight is 203 g/mol. The normalized spacial score (nSPS) is 10.8. The fraction of sp³-hybridized carbons (Fsp3) is 0.273. The number of nitrogens with zero attached hydrogens (tertiary/aromatic N) is 2. The summed E-state index contributed by atoms with van der Waals surface area (Å²) in [6.45, 7) is 2.36. The molecule has 0 atom stereocenters. The zero-order chi connectivity index (χ0) is 10.8. The van der Waals surface area contributed by atoms with Crippen molar-refractivity contribution in [2.45, 2.75) is 13.3 Å². The molecule has 0 aliphatic heterocycles. The molecule has 0 bridgehead atoms. The van der Waals surface area contributed by atoms with Crippen LogP contribution in [0.4, 0.5) is 0 Å². The lowest BCUT2D eigenvalue weighted by Gasteiger charge is -2.05. The van der Waals surface area contributed by atoms with Crippen molar-refractivity contribution in [3.63, 3.8) is 0 Å². The van der Waals surface area contributed by atoms with Crippen molar-refractivity contribution in [1.82, 2.24) is 9.38 Å². The van der Waals surface area contributed by atoms with Crippen molar-refractivity contribution in [3.05, 3.63) is 46.0 Å². The minimum absolute atomic E-state index is 0.0106. The number of nitrogens with two attached hydrogens (primary N) is 1. The Bertz CT molecular complexity index is 545. The van der Waals surface area contributed by atoms with E-state index in [2.05, 4.69) is 4.98 Å². The molecule has 2 aromatic rings. The molecule has 2 N–H and O–H groups in total. The summed E-state index contributed by atoms with van der Waals surface area (Å²) >= 11 is 0. The summed E-state index contributed by atoms with van der Waals surface area (Å²) in [5.74, 6) is 0. The van der Waals surface area contributed by atoms with Gasteiger partial charge in [-0.3, -0.25) is 9.20 Å². The molecule has 2 rings (SSSR count). The van der Waals surface area contributed by atoms with Gasteiger partial charge >= 0.3 is 0 Å². The van der Waals surface area contributed by atoms with Crippen LogP contribution in [0.1, 0.15) is 11.3 Å². The molecule has 0 amide bonds. The number of aryl methyl sites for hydroxylation is 1. The van der Waals surface area contributed by atoms with E-state index in [-0.39, 0.29) is 5.56 Å². The highest BCUT2D eigenvalue weighted by Gasteiger charge is 2.04. The first-order valence-electron chi connectivity index (χ1n) is 4.90. The zero-order valence-electron chi connectivity index (χ0n) is 8.60. The number of hydrogen-bond acceptors (Lipinski definition) is 3. The maximum absolute atomic E-state index is 12.0. The van der Waals surface area contributed by atoms with Gasteiger partial charge in [-0.15, -0.1) is 0 Å². The maximum atomic E-state index is 12.0. The molecule has 0 fully saturated rings. The van der Waals surface area contributed by atoms with Crippen molar-refractivity contribution < 1.29 is 0 Å². The summed E-state index contributed by atoms with van der Waals surface area (Å²) < 4.78 is 1.62. The molecular weight excluding hydrogens is 190 g/mol.